The Morgan fingerprint density at radius 1 is 1.36 bits per heavy atom. The van der Waals surface area contributed by atoms with Crippen molar-refractivity contribution in [2.24, 2.45) is 0 Å². The van der Waals surface area contributed by atoms with Crippen molar-refractivity contribution in [1.29, 1.82) is 0 Å². The largest absolute Gasteiger partial charge is 0.507 e. The number of benzene rings is 1. The molecule has 0 bridgehead atoms. The second-order valence-electron chi connectivity index (χ2n) is 2.85. The number of ether oxygens (including phenoxy) is 1. The molecule has 4 nitrogen and oxygen atoms in total. The van der Waals surface area contributed by atoms with E-state index in [9.17, 15) is 5.11 Å². The summed E-state index contributed by atoms with van der Waals surface area (Å²) in [5.74, 6) is 0.905. The summed E-state index contributed by atoms with van der Waals surface area (Å²) in [6, 6.07) is 6.83. The molecule has 14 heavy (non-hydrogen) atoms. The molecule has 0 aliphatic rings. The predicted octanol–water partition coefficient (Wildman–Crippen LogP) is 1.79. The molecular weight excluding hydrogens is 180 g/mol. The van der Waals surface area contributed by atoms with Gasteiger partial charge in [-0.15, -0.1) is 0 Å². The molecule has 0 atom stereocenters. The van der Waals surface area contributed by atoms with Gasteiger partial charge in [-0.2, -0.15) is 5.10 Å². The van der Waals surface area contributed by atoms with Crippen LogP contribution in [-0.2, 0) is 0 Å². The molecule has 0 aliphatic carbocycles. The molecule has 1 heterocycles. The van der Waals surface area contributed by atoms with Crippen molar-refractivity contribution in [3.63, 3.8) is 0 Å². The van der Waals surface area contributed by atoms with E-state index in [1.807, 2.05) is 0 Å². The molecule has 0 saturated heterocycles. The summed E-state index contributed by atoms with van der Waals surface area (Å²) in [6.45, 7) is 0. The van der Waals surface area contributed by atoms with Crippen LogP contribution in [0.15, 0.2) is 30.5 Å². The van der Waals surface area contributed by atoms with Crippen molar-refractivity contribution in [2.75, 3.05) is 7.11 Å². The monoisotopic (exact) mass is 190 g/mol. The van der Waals surface area contributed by atoms with E-state index in [0.717, 1.165) is 5.69 Å². The van der Waals surface area contributed by atoms with Gasteiger partial charge in [-0.3, -0.25) is 5.10 Å². The van der Waals surface area contributed by atoms with Crippen molar-refractivity contribution in [3.8, 4) is 22.8 Å². The Labute approximate surface area is 81.2 Å². The summed E-state index contributed by atoms with van der Waals surface area (Å²) < 4.78 is 5.06. The minimum atomic E-state index is 0.204. The Hall–Kier alpha value is -1.97. The Balaban J connectivity index is 2.51. The van der Waals surface area contributed by atoms with Gasteiger partial charge in [0.05, 0.1) is 12.8 Å². The van der Waals surface area contributed by atoms with Crippen LogP contribution in [0.1, 0.15) is 0 Å². The van der Waals surface area contributed by atoms with Gasteiger partial charge in [-0.05, 0) is 24.3 Å². The van der Waals surface area contributed by atoms with E-state index in [4.69, 9.17) is 4.74 Å². The molecule has 72 valence electrons. The summed E-state index contributed by atoms with van der Waals surface area (Å²) in [5.41, 5.74) is 1.45. The highest BCUT2D eigenvalue weighted by Gasteiger charge is 2.06. The third-order valence-electron chi connectivity index (χ3n) is 1.99. The Bertz CT molecular complexity index is 424. The first-order valence-electron chi connectivity index (χ1n) is 4.18. The molecular formula is C10H10N2O2. The summed E-state index contributed by atoms with van der Waals surface area (Å²) >= 11 is 0. The number of nitrogens with zero attached hydrogens (tertiary/aromatic N) is 1. The van der Waals surface area contributed by atoms with Gasteiger partial charge in [-0.25, -0.2) is 0 Å². The van der Waals surface area contributed by atoms with Crippen molar-refractivity contribution in [2.45, 2.75) is 0 Å². The summed E-state index contributed by atoms with van der Waals surface area (Å²) in [7, 11) is 1.59. The molecule has 4 heteroatoms. The van der Waals surface area contributed by atoms with Crippen LogP contribution in [0, 0.1) is 0 Å². The second-order valence-corrected chi connectivity index (χ2v) is 2.85. The van der Waals surface area contributed by atoms with Crippen LogP contribution in [0.4, 0.5) is 0 Å². The standard InChI is InChI=1S/C10H10N2O2/c1-14-7-2-3-10(13)8(6-7)9-4-5-11-12-9/h2-6,13H,1H3,(H,11,12). The molecule has 2 aromatic rings. The second kappa shape index (κ2) is 3.41. The molecule has 0 amide bonds. The topological polar surface area (TPSA) is 58.1 Å². The van der Waals surface area contributed by atoms with Gasteiger partial charge in [0, 0.05) is 11.8 Å². The zero-order valence-electron chi connectivity index (χ0n) is 7.69. The molecule has 0 unspecified atom stereocenters. The van der Waals surface area contributed by atoms with Crippen molar-refractivity contribution < 1.29 is 9.84 Å². The molecule has 2 N–H and O–H groups in total. The van der Waals surface area contributed by atoms with Crippen LogP contribution in [0.5, 0.6) is 11.5 Å². The first-order valence-corrected chi connectivity index (χ1v) is 4.18. The van der Waals surface area contributed by atoms with Gasteiger partial charge in [0.1, 0.15) is 11.5 Å². The number of rotatable bonds is 2. The SMILES string of the molecule is COc1ccc(O)c(-c2ccn[nH]2)c1. The van der Waals surface area contributed by atoms with E-state index in [2.05, 4.69) is 10.2 Å². The highest BCUT2D eigenvalue weighted by Crippen LogP contribution is 2.30. The number of H-pyrrole nitrogens is 1. The Morgan fingerprint density at radius 3 is 2.86 bits per heavy atom. The number of aromatic hydroxyl groups is 1. The number of hydrogen-bond donors (Lipinski definition) is 2. The summed E-state index contributed by atoms with van der Waals surface area (Å²) in [4.78, 5) is 0. The van der Waals surface area contributed by atoms with Crippen molar-refractivity contribution in [3.05, 3.63) is 30.5 Å². The lowest BCUT2D eigenvalue weighted by Crippen LogP contribution is -1.85. The fraction of sp³-hybridized carbons (Fsp3) is 0.100. The highest BCUT2D eigenvalue weighted by molar-refractivity contribution is 5.68. The number of phenolic OH excluding ortho intramolecular Hbond substituents is 1. The van der Waals surface area contributed by atoms with E-state index in [1.54, 1.807) is 37.6 Å². The molecule has 0 aliphatic heterocycles. The average Bonchev–Trinajstić information content (AvgIpc) is 2.71. The first-order chi connectivity index (χ1) is 6.81. The number of hydrogen-bond acceptors (Lipinski definition) is 3. The lowest BCUT2D eigenvalue weighted by molar-refractivity contribution is 0.412. The minimum absolute atomic E-state index is 0.204. The van der Waals surface area contributed by atoms with Gasteiger partial charge < -0.3 is 9.84 Å². The van der Waals surface area contributed by atoms with Crippen LogP contribution in [0.2, 0.25) is 0 Å². The molecule has 0 spiro atoms. The molecule has 0 radical (unpaired) electrons. The van der Waals surface area contributed by atoms with Gasteiger partial charge in [0.15, 0.2) is 0 Å². The van der Waals surface area contributed by atoms with Gasteiger partial charge >= 0.3 is 0 Å². The third-order valence-corrected chi connectivity index (χ3v) is 1.99. The normalized spacial score (nSPS) is 10.1. The first kappa shape index (κ1) is 8.62. The fourth-order valence-corrected chi connectivity index (χ4v) is 1.26. The highest BCUT2D eigenvalue weighted by atomic mass is 16.5. The minimum Gasteiger partial charge on any atom is -0.507 e. The quantitative estimate of drug-likeness (QED) is 0.759. The van der Waals surface area contributed by atoms with E-state index in [0.29, 0.717) is 11.3 Å². The lowest BCUT2D eigenvalue weighted by atomic mass is 10.1. The lowest BCUT2D eigenvalue weighted by Gasteiger charge is -2.04. The van der Waals surface area contributed by atoms with E-state index >= 15 is 0 Å². The zero-order chi connectivity index (χ0) is 9.97. The van der Waals surface area contributed by atoms with Crippen molar-refractivity contribution >= 4 is 0 Å². The van der Waals surface area contributed by atoms with Gasteiger partial charge in [0.2, 0.25) is 0 Å². The maximum absolute atomic E-state index is 9.60. The Kier molecular flexibility index (Phi) is 2.10. The number of methoxy groups -OCH3 is 1. The van der Waals surface area contributed by atoms with Crippen LogP contribution >= 0.6 is 0 Å². The maximum atomic E-state index is 9.60. The summed E-state index contributed by atoms with van der Waals surface area (Å²) in [5, 5.41) is 16.2. The molecule has 1 aromatic carbocycles. The van der Waals surface area contributed by atoms with Crippen LogP contribution < -0.4 is 4.74 Å². The average molecular weight is 190 g/mol. The number of aromatic amines is 1. The number of nitrogens with one attached hydrogen (secondary N) is 1. The molecule has 0 fully saturated rings. The Morgan fingerprint density at radius 2 is 2.21 bits per heavy atom. The number of aromatic nitrogens is 2. The van der Waals surface area contributed by atoms with Crippen LogP contribution in [0.3, 0.4) is 0 Å². The predicted molar refractivity (Wildman–Crippen MR) is 52.2 cm³/mol. The molecule has 0 saturated carbocycles. The molecule has 1 aromatic heterocycles. The third kappa shape index (κ3) is 1.42. The maximum Gasteiger partial charge on any atom is 0.125 e. The van der Waals surface area contributed by atoms with Gasteiger partial charge in [0.25, 0.3) is 0 Å². The van der Waals surface area contributed by atoms with Crippen LogP contribution in [0.25, 0.3) is 11.3 Å². The van der Waals surface area contributed by atoms with E-state index in [-0.39, 0.29) is 5.75 Å². The summed E-state index contributed by atoms with van der Waals surface area (Å²) in [6.07, 6.45) is 1.63. The zero-order valence-corrected chi connectivity index (χ0v) is 7.69. The van der Waals surface area contributed by atoms with Crippen LogP contribution in [-0.4, -0.2) is 22.4 Å². The van der Waals surface area contributed by atoms with Gasteiger partial charge in [-0.1, -0.05) is 0 Å². The molecule has 2 rings (SSSR count). The smallest absolute Gasteiger partial charge is 0.125 e. The van der Waals surface area contributed by atoms with E-state index < -0.39 is 0 Å². The fourth-order valence-electron chi connectivity index (χ4n) is 1.26. The van der Waals surface area contributed by atoms with E-state index in [1.165, 1.54) is 0 Å². The number of phenols is 1. The van der Waals surface area contributed by atoms with Crippen molar-refractivity contribution in [1.82, 2.24) is 10.2 Å².